The summed E-state index contributed by atoms with van der Waals surface area (Å²) in [5.41, 5.74) is 1.36. The first-order valence-corrected chi connectivity index (χ1v) is 7.95. The number of hydrogen-bond donors (Lipinski definition) is 0. The van der Waals surface area contributed by atoms with E-state index in [9.17, 15) is 0 Å². The van der Waals surface area contributed by atoms with E-state index >= 15 is 0 Å². The fourth-order valence-corrected chi connectivity index (χ4v) is 2.93. The van der Waals surface area contributed by atoms with Crippen LogP contribution in [0.3, 0.4) is 0 Å². The molecule has 0 amide bonds. The van der Waals surface area contributed by atoms with E-state index in [4.69, 9.17) is 35.6 Å². The zero-order valence-electron chi connectivity index (χ0n) is 14.4. The molecule has 0 spiro atoms. The number of benzene rings is 2. The molecule has 0 saturated carbocycles. The summed E-state index contributed by atoms with van der Waals surface area (Å²) in [5.74, 6) is 2.94. The average Bonchev–Trinajstić information content (AvgIpc) is 2.66. The molecule has 1 heterocycles. The molecular formula is C19H18O5S. The Bertz CT molecular complexity index is 977. The van der Waals surface area contributed by atoms with Crippen molar-refractivity contribution in [2.75, 3.05) is 28.4 Å². The van der Waals surface area contributed by atoms with E-state index in [2.05, 4.69) is 0 Å². The van der Waals surface area contributed by atoms with Crippen LogP contribution in [0.4, 0.5) is 0 Å². The highest BCUT2D eigenvalue weighted by Gasteiger charge is 2.15. The lowest BCUT2D eigenvalue weighted by Gasteiger charge is -2.12. The fourth-order valence-electron chi connectivity index (χ4n) is 2.66. The van der Waals surface area contributed by atoms with Crippen LogP contribution in [0.2, 0.25) is 0 Å². The highest BCUT2D eigenvalue weighted by atomic mass is 32.1. The van der Waals surface area contributed by atoms with E-state index in [1.54, 1.807) is 28.4 Å². The monoisotopic (exact) mass is 358 g/mol. The van der Waals surface area contributed by atoms with Crippen molar-refractivity contribution in [3.63, 3.8) is 0 Å². The van der Waals surface area contributed by atoms with Gasteiger partial charge in [-0.15, -0.1) is 0 Å². The first kappa shape index (κ1) is 17.1. The van der Waals surface area contributed by atoms with Crippen molar-refractivity contribution in [2.24, 2.45) is 0 Å². The molecule has 0 saturated heterocycles. The molecule has 0 atom stereocenters. The van der Waals surface area contributed by atoms with Gasteiger partial charge in [-0.3, -0.25) is 0 Å². The third kappa shape index (κ3) is 3.00. The Labute approximate surface area is 150 Å². The summed E-state index contributed by atoms with van der Waals surface area (Å²) in [4.78, 5) is 0. The third-order valence-electron chi connectivity index (χ3n) is 3.91. The summed E-state index contributed by atoms with van der Waals surface area (Å²) in [6, 6.07) is 11.0. The molecule has 5 nitrogen and oxygen atoms in total. The molecule has 0 radical (unpaired) electrons. The van der Waals surface area contributed by atoms with Gasteiger partial charge in [0.15, 0.2) is 22.8 Å². The largest absolute Gasteiger partial charge is 0.493 e. The Morgan fingerprint density at radius 2 is 1.44 bits per heavy atom. The average molecular weight is 358 g/mol. The second-order valence-electron chi connectivity index (χ2n) is 5.22. The Morgan fingerprint density at radius 1 is 0.760 bits per heavy atom. The second-order valence-corrected chi connectivity index (χ2v) is 5.66. The highest BCUT2D eigenvalue weighted by molar-refractivity contribution is 7.71. The maximum atomic E-state index is 6.10. The Morgan fingerprint density at radius 3 is 2.08 bits per heavy atom. The molecule has 1 aromatic heterocycles. The van der Waals surface area contributed by atoms with E-state index in [-0.39, 0.29) is 0 Å². The van der Waals surface area contributed by atoms with Crippen LogP contribution in [0.25, 0.3) is 22.3 Å². The summed E-state index contributed by atoms with van der Waals surface area (Å²) in [6.45, 7) is 0. The van der Waals surface area contributed by atoms with Crippen molar-refractivity contribution in [3.8, 4) is 34.3 Å². The van der Waals surface area contributed by atoms with Crippen LogP contribution >= 0.6 is 12.2 Å². The van der Waals surface area contributed by atoms with Gasteiger partial charge in [0.05, 0.1) is 32.9 Å². The molecule has 2 aromatic carbocycles. The molecule has 3 aromatic rings. The van der Waals surface area contributed by atoms with Gasteiger partial charge in [0, 0.05) is 17.0 Å². The lowest BCUT2D eigenvalue weighted by molar-refractivity contribution is 0.353. The quantitative estimate of drug-likeness (QED) is 0.607. The molecular weight excluding hydrogens is 340 g/mol. The fraction of sp³-hybridized carbons (Fsp3) is 0.211. The maximum absolute atomic E-state index is 6.10. The van der Waals surface area contributed by atoms with Gasteiger partial charge in [-0.2, -0.15) is 0 Å². The number of hydrogen-bond acceptors (Lipinski definition) is 6. The predicted octanol–water partition coefficient (Wildman–Crippen LogP) is 4.86. The Balaban J connectivity index is 2.26. The minimum atomic E-state index is 0.508. The van der Waals surface area contributed by atoms with Gasteiger partial charge < -0.3 is 23.4 Å². The molecule has 0 unspecified atom stereocenters. The Hall–Kier alpha value is -2.73. The number of fused-ring (bicyclic) bond motifs is 1. The van der Waals surface area contributed by atoms with Gasteiger partial charge in [0.2, 0.25) is 5.75 Å². The van der Waals surface area contributed by atoms with Gasteiger partial charge in [-0.1, -0.05) is 12.2 Å². The van der Waals surface area contributed by atoms with E-state index in [1.807, 2.05) is 36.4 Å². The van der Waals surface area contributed by atoms with Crippen molar-refractivity contribution in [3.05, 3.63) is 40.9 Å². The summed E-state index contributed by atoms with van der Waals surface area (Å²) in [6.07, 6.45) is 0. The van der Waals surface area contributed by atoms with Crippen LogP contribution in [0.5, 0.6) is 23.0 Å². The maximum Gasteiger partial charge on any atom is 0.204 e. The summed E-state index contributed by atoms with van der Waals surface area (Å²) < 4.78 is 28.2. The van der Waals surface area contributed by atoms with E-state index < -0.39 is 0 Å². The number of rotatable bonds is 5. The zero-order valence-corrected chi connectivity index (χ0v) is 15.2. The topological polar surface area (TPSA) is 50.1 Å². The number of methoxy groups -OCH3 is 4. The summed E-state index contributed by atoms with van der Waals surface area (Å²) in [5, 5.41) is 0.789. The second kappa shape index (κ2) is 7.03. The van der Waals surface area contributed by atoms with Crippen molar-refractivity contribution in [2.45, 2.75) is 0 Å². The normalized spacial score (nSPS) is 10.6. The summed E-state index contributed by atoms with van der Waals surface area (Å²) >= 11 is 5.53. The lowest BCUT2D eigenvalue weighted by Crippen LogP contribution is -1.93. The SMILES string of the molecule is COc1ccc(-c2cc(=S)c3ccc(OC)c(OC)c3o2)cc1OC. The molecule has 0 aliphatic heterocycles. The van der Waals surface area contributed by atoms with Crippen LogP contribution < -0.4 is 18.9 Å². The standard InChI is InChI=1S/C19H18O5S/c1-20-13-7-5-11(9-16(13)22-3)15-10-17(25)12-6-8-14(21-2)19(23-4)18(12)24-15/h5-10H,1-4H3. The third-order valence-corrected chi connectivity index (χ3v) is 4.25. The summed E-state index contributed by atoms with van der Waals surface area (Å²) in [7, 11) is 6.33. The van der Waals surface area contributed by atoms with Crippen LogP contribution in [0, 0.1) is 4.51 Å². The van der Waals surface area contributed by atoms with Gasteiger partial charge in [0.1, 0.15) is 5.76 Å². The highest BCUT2D eigenvalue weighted by Crippen LogP contribution is 2.39. The van der Waals surface area contributed by atoms with Gasteiger partial charge in [0.25, 0.3) is 0 Å². The lowest BCUT2D eigenvalue weighted by atomic mass is 10.1. The molecule has 6 heteroatoms. The van der Waals surface area contributed by atoms with Crippen LogP contribution in [0.1, 0.15) is 0 Å². The molecule has 0 bridgehead atoms. The molecule has 25 heavy (non-hydrogen) atoms. The number of ether oxygens (including phenoxy) is 4. The Kier molecular flexibility index (Phi) is 4.81. The van der Waals surface area contributed by atoms with Crippen LogP contribution in [0.15, 0.2) is 40.8 Å². The van der Waals surface area contributed by atoms with Gasteiger partial charge in [-0.05, 0) is 30.3 Å². The first-order chi connectivity index (χ1) is 12.1. The molecule has 3 rings (SSSR count). The molecule has 0 aliphatic carbocycles. The predicted molar refractivity (Wildman–Crippen MR) is 98.7 cm³/mol. The molecule has 0 N–H and O–H groups in total. The van der Waals surface area contributed by atoms with Crippen LogP contribution in [-0.2, 0) is 0 Å². The minimum absolute atomic E-state index is 0.508. The first-order valence-electron chi connectivity index (χ1n) is 7.54. The van der Waals surface area contributed by atoms with E-state index in [0.29, 0.717) is 38.9 Å². The van der Waals surface area contributed by atoms with E-state index in [1.165, 1.54) is 0 Å². The molecule has 0 aliphatic rings. The van der Waals surface area contributed by atoms with Crippen molar-refractivity contribution >= 4 is 23.2 Å². The molecule has 130 valence electrons. The van der Waals surface area contributed by atoms with Crippen LogP contribution in [-0.4, -0.2) is 28.4 Å². The van der Waals surface area contributed by atoms with Gasteiger partial charge in [-0.25, -0.2) is 0 Å². The van der Waals surface area contributed by atoms with Gasteiger partial charge >= 0.3 is 0 Å². The smallest absolute Gasteiger partial charge is 0.204 e. The van der Waals surface area contributed by atoms with Crippen molar-refractivity contribution in [1.29, 1.82) is 0 Å². The van der Waals surface area contributed by atoms with E-state index in [0.717, 1.165) is 10.9 Å². The minimum Gasteiger partial charge on any atom is -0.493 e. The van der Waals surface area contributed by atoms with Crippen molar-refractivity contribution < 1.29 is 23.4 Å². The van der Waals surface area contributed by atoms with Crippen molar-refractivity contribution in [1.82, 2.24) is 0 Å². The zero-order chi connectivity index (χ0) is 18.0. The molecule has 0 fully saturated rings.